The summed E-state index contributed by atoms with van der Waals surface area (Å²) in [4.78, 5) is 20.2. The molecular formula is C19H16N6S. The normalized spacial score (nSPS) is 13.8. The minimum atomic E-state index is 0.817. The molecule has 0 fully saturated rings. The molecule has 0 amide bonds. The summed E-state index contributed by atoms with van der Waals surface area (Å²) < 4.78 is 0. The summed E-state index contributed by atoms with van der Waals surface area (Å²) in [5.74, 6) is 0.854. The van der Waals surface area contributed by atoms with Crippen molar-refractivity contribution in [2.45, 2.75) is 19.6 Å². The van der Waals surface area contributed by atoms with Crippen LogP contribution in [0, 0.1) is 0 Å². The highest BCUT2D eigenvalue weighted by molar-refractivity contribution is 7.07. The minimum Gasteiger partial charge on any atom is -0.339 e. The maximum atomic E-state index is 4.51. The quantitative estimate of drug-likeness (QED) is 0.598. The number of nitrogens with zero attached hydrogens (tertiary/aromatic N) is 5. The Balaban J connectivity index is 1.40. The van der Waals surface area contributed by atoms with Gasteiger partial charge in [-0.05, 0) is 12.1 Å². The third-order valence-corrected chi connectivity index (χ3v) is 5.15. The Bertz CT molecular complexity index is 1060. The second kappa shape index (κ2) is 6.44. The van der Waals surface area contributed by atoms with Crippen molar-refractivity contribution >= 4 is 33.7 Å². The van der Waals surface area contributed by atoms with Gasteiger partial charge in [-0.1, -0.05) is 18.2 Å². The molecule has 0 saturated heterocycles. The van der Waals surface area contributed by atoms with E-state index >= 15 is 0 Å². The molecule has 6 nitrogen and oxygen atoms in total. The highest BCUT2D eigenvalue weighted by Gasteiger charge is 2.24. The fourth-order valence-electron chi connectivity index (χ4n) is 3.28. The standard InChI is InChI=1S/C19H16N6S/c1-2-4-17-13(3-1)5-14(6-20-17)24-19-16-8-25(7-15-10-26-12-23-15)9-18(16)21-11-22-19/h1-6,10-12H,7-9H2,(H,21,22,24). The molecule has 128 valence electrons. The van der Waals surface area contributed by atoms with Gasteiger partial charge in [0.25, 0.3) is 0 Å². The van der Waals surface area contributed by atoms with Crippen LogP contribution < -0.4 is 5.32 Å². The largest absolute Gasteiger partial charge is 0.339 e. The highest BCUT2D eigenvalue weighted by atomic mass is 32.1. The first-order valence-electron chi connectivity index (χ1n) is 8.39. The van der Waals surface area contributed by atoms with Crippen LogP contribution in [-0.4, -0.2) is 24.8 Å². The summed E-state index contributed by atoms with van der Waals surface area (Å²) in [6.45, 7) is 2.47. The molecule has 0 radical (unpaired) electrons. The first kappa shape index (κ1) is 15.4. The van der Waals surface area contributed by atoms with E-state index in [0.29, 0.717) is 0 Å². The summed E-state index contributed by atoms with van der Waals surface area (Å²) in [7, 11) is 0. The molecule has 1 aliphatic rings. The van der Waals surface area contributed by atoms with Gasteiger partial charge in [-0.3, -0.25) is 9.88 Å². The number of para-hydroxylation sites is 1. The van der Waals surface area contributed by atoms with E-state index in [1.165, 1.54) is 0 Å². The Labute approximate surface area is 154 Å². The first-order valence-corrected chi connectivity index (χ1v) is 9.33. The number of nitrogens with one attached hydrogen (secondary N) is 1. The molecule has 1 aromatic carbocycles. The zero-order valence-electron chi connectivity index (χ0n) is 14.0. The zero-order chi connectivity index (χ0) is 17.3. The van der Waals surface area contributed by atoms with Crippen molar-refractivity contribution in [1.29, 1.82) is 0 Å². The highest BCUT2D eigenvalue weighted by Crippen LogP contribution is 2.29. The van der Waals surface area contributed by atoms with Gasteiger partial charge < -0.3 is 5.32 Å². The van der Waals surface area contributed by atoms with Crippen LogP contribution in [-0.2, 0) is 19.6 Å². The molecule has 0 unspecified atom stereocenters. The molecule has 0 saturated carbocycles. The summed E-state index contributed by atoms with van der Waals surface area (Å²) >= 11 is 1.63. The molecule has 4 heterocycles. The molecule has 1 aliphatic heterocycles. The van der Waals surface area contributed by atoms with Gasteiger partial charge >= 0.3 is 0 Å². The van der Waals surface area contributed by atoms with Crippen molar-refractivity contribution in [3.05, 3.63) is 70.7 Å². The predicted octanol–water partition coefficient (Wildman–Crippen LogP) is 3.74. The van der Waals surface area contributed by atoms with Crippen LogP contribution in [0.3, 0.4) is 0 Å². The molecule has 5 rings (SSSR count). The molecule has 4 aromatic rings. The fraction of sp³-hybridized carbons (Fsp3) is 0.158. The van der Waals surface area contributed by atoms with Crippen LogP contribution in [0.4, 0.5) is 11.5 Å². The SMILES string of the molecule is c1ccc2ncc(Nc3ncnc4c3CN(Cc3cscn3)C4)cc2c1. The van der Waals surface area contributed by atoms with Crippen molar-refractivity contribution in [1.82, 2.24) is 24.8 Å². The van der Waals surface area contributed by atoms with E-state index in [2.05, 4.69) is 47.7 Å². The van der Waals surface area contributed by atoms with E-state index in [4.69, 9.17) is 0 Å². The van der Waals surface area contributed by atoms with Gasteiger partial charge in [0.2, 0.25) is 0 Å². The number of pyridine rings is 1. The Morgan fingerprint density at radius 2 is 2.04 bits per heavy atom. The van der Waals surface area contributed by atoms with Gasteiger partial charge in [0, 0.05) is 36.0 Å². The molecule has 1 N–H and O–H groups in total. The number of rotatable bonds is 4. The van der Waals surface area contributed by atoms with E-state index < -0.39 is 0 Å². The molecule has 0 spiro atoms. The summed E-state index contributed by atoms with van der Waals surface area (Å²) in [6, 6.07) is 10.2. The second-order valence-corrected chi connectivity index (χ2v) is 7.03. The number of hydrogen-bond acceptors (Lipinski definition) is 7. The van der Waals surface area contributed by atoms with Gasteiger partial charge in [-0.15, -0.1) is 11.3 Å². The number of fused-ring (bicyclic) bond motifs is 2. The van der Waals surface area contributed by atoms with Crippen LogP contribution in [0.1, 0.15) is 17.0 Å². The van der Waals surface area contributed by atoms with E-state index in [1.807, 2.05) is 29.9 Å². The van der Waals surface area contributed by atoms with Crippen molar-refractivity contribution in [3.63, 3.8) is 0 Å². The fourth-order valence-corrected chi connectivity index (χ4v) is 3.83. The lowest BCUT2D eigenvalue weighted by Crippen LogP contribution is -2.16. The third kappa shape index (κ3) is 2.91. The molecular weight excluding hydrogens is 344 g/mol. The number of anilines is 2. The smallest absolute Gasteiger partial charge is 0.138 e. The third-order valence-electron chi connectivity index (χ3n) is 4.51. The van der Waals surface area contributed by atoms with Gasteiger partial charge in [0.05, 0.1) is 34.3 Å². The lowest BCUT2D eigenvalue weighted by Gasteiger charge is -2.13. The van der Waals surface area contributed by atoms with E-state index in [1.54, 1.807) is 17.7 Å². The Hall–Kier alpha value is -2.90. The lowest BCUT2D eigenvalue weighted by molar-refractivity contribution is 0.271. The second-order valence-electron chi connectivity index (χ2n) is 6.31. The van der Waals surface area contributed by atoms with Crippen molar-refractivity contribution in [2.75, 3.05) is 5.32 Å². The van der Waals surface area contributed by atoms with Crippen molar-refractivity contribution in [2.24, 2.45) is 0 Å². The molecule has 26 heavy (non-hydrogen) atoms. The predicted molar refractivity (Wildman–Crippen MR) is 102 cm³/mol. The minimum absolute atomic E-state index is 0.817. The topological polar surface area (TPSA) is 66.8 Å². The Morgan fingerprint density at radius 3 is 2.96 bits per heavy atom. The van der Waals surface area contributed by atoms with Crippen molar-refractivity contribution < 1.29 is 0 Å². The van der Waals surface area contributed by atoms with Crippen LogP contribution >= 0.6 is 11.3 Å². The van der Waals surface area contributed by atoms with Crippen LogP contribution in [0.2, 0.25) is 0 Å². The average Bonchev–Trinajstić information content (AvgIpc) is 3.32. The summed E-state index contributed by atoms with van der Waals surface area (Å²) in [6.07, 6.45) is 3.47. The Morgan fingerprint density at radius 1 is 1.08 bits per heavy atom. The van der Waals surface area contributed by atoms with Gasteiger partial charge in [-0.2, -0.15) is 0 Å². The lowest BCUT2D eigenvalue weighted by atomic mass is 10.2. The van der Waals surface area contributed by atoms with Crippen LogP contribution in [0.5, 0.6) is 0 Å². The number of aromatic nitrogens is 4. The first-order chi connectivity index (χ1) is 12.8. The van der Waals surface area contributed by atoms with E-state index in [9.17, 15) is 0 Å². The number of thiazole rings is 1. The summed E-state index contributed by atoms with van der Waals surface area (Å²) in [5, 5.41) is 6.62. The average molecular weight is 360 g/mol. The maximum absolute atomic E-state index is 4.51. The molecule has 7 heteroatoms. The number of hydrogen-bond donors (Lipinski definition) is 1. The van der Waals surface area contributed by atoms with E-state index in [0.717, 1.165) is 59.0 Å². The molecule has 3 aromatic heterocycles. The van der Waals surface area contributed by atoms with Crippen LogP contribution in [0.15, 0.2) is 53.7 Å². The summed E-state index contributed by atoms with van der Waals surface area (Å²) in [5.41, 5.74) is 7.12. The monoisotopic (exact) mass is 360 g/mol. The van der Waals surface area contributed by atoms with Gasteiger partial charge in [-0.25, -0.2) is 15.0 Å². The van der Waals surface area contributed by atoms with Crippen molar-refractivity contribution in [3.8, 4) is 0 Å². The van der Waals surface area contributed by atoms with Gasteiger partial charge in [0.15, 0.2) is 0 Å². The zero-order valence-corrected chi connectivity index (χ0v) is 14.8. The molecule has 0 aliphatic carbocycles. The number of benzene rings is 1. The Kier molecular flexibility index (Phi) is 3.80. The van der Waals surface area contributed by atoms with Crippen LogP contribution in [0.25, 0.3) is 10.9 Å². The molecule has 0 atom stereocenters. The maximum Gasteiger partial charge on any atom is 0.138 e. The van der Waals surface area contributed by atoms with E-state index in [-0.39, 0.29) is 0 Å². The van der Waals surface area contributed by atoms with Gasteiger partial charge in [0.1, 0.15) is 12.1 Å². The molecule has 0 bridgehead atoms.